The lowest BCUT2D eigenvalue weighted by Crippen LogP contribution is -2.51. The Morgan fingerprint density at radius 1 is 1.05 bits per heavy atom. The Labute approximate surface area is 260 Å². The second kappa shape index (κ2) is 14.4. The van der Waals surface area contributed by atoms with Crippen LogP contribution in [0.25, 0.3) is 11.3 Å². The highest BCUT2D eigenvalue weighted by Gasteiger charge is 2.37. The molecule has 0 aliphatic heterocycles. The van der Waals surface area contributed by atoms with Crippen LogP contribution in [0.4, 0.5) is 5.69 Å². The van der Waals surface area contributed by atoms with E-state index in [2.05, 4.69) is 27.4 Å². The Kier molecular flexibility index (Phi) is 10.2. The number of anilines is 1. The van der Waals surface area contributed by atoms with Gasteiger partial charge >= 0.3 is 0 Å². The first kappa shape index (κ1) is 30.4. The maximum atomic E-state index is 14.1. The number of thiazole rings is 1. The summed E-state index contributed by atoms with van der Waals surface area (Å²) >= 11 is 2.79. The van der Waals surface area contributed by atoms with Crippen LogP contribution < -0.4 is 10.1 Å². The van der Waals surface area contributed by atoms with Gasteiger partial charge in [0.1, 0.15) is 16.8 Å². The minimum Gasteiger partial charge on any atom is -0.497 e. The Bertz CT molecular complexity index is 1550. The molecule has 0 saturated heterocycles. The monoisotopic (exact) mass is 613 g/mol. The SMILES string of the molecule is COc1ccc(NC(=O)[C@@H]([C@@H]2CC=CCC2)N(Cc2nc(-c3ccccc3)cs2)C(=O)CSc2nc(C)cc(C)n2)cc1. The molecule has 2 aromatic carbocycles. The summed E-state index contributed by atoms with van der Waals surface area (Å²) in [6, 6.07) is 18.4. The van der Waals surface area contributed by atoms with Crippen LogP contribution in [-0.2, 0) is 16.1 Å². The van der Waals surface area contributed by atoms with Crippen LogP contribution in [0.15, 0.2) is 83.4 Å². The van der Waals surface area contributed by atoms with Crippen LogP contribution in [-0.4, -0.2) is 50.6 Å². The predicted octanol–water partition coefficient (Wildman–Crippen LogP) is 6.71. The van der Waals surface area contributed by atoms with Gasteiger partial charge in [0.15, 0.2) is 5.16 Å². The third-order valence-corrected chi connectivity index (χ3v) is 8.92. The van der Waals surface area contributed by atoms with Crippen LogP contribution in [0.5, 0.6) is 5.75 Å². The topological polar surface area (TPSA) is 97.3 Å². The molecule has 1 aliphatic rings. The van der Waals surface area contributed by atoms with Gasteiger partial charge < -0.3 is 15.0 Å². The number of carbonyl (C=O) groups excluding carboxylic acids is 2. The van der Waals surface area contributed by atoms with E-state index in [0.29, 0.717) is 23.0 Å². The van der Waals surface area contributed by atoms with Crippen molar-refractivity contribution < 1.29 is 14.3 Å². The van der Waals surface area contributed by atoms with Crippen molar-refractivity contribution in [1.82, 2.24) is 19.9 Å². The molecule has 8 nitrogen and oxygen atoms in total. The molecule has 0 radical (unpaired) electrons. The van der Waals surface area contributed by atoms with Crippen molar-refractivity contribution in [3.05, 3.63) is 94.6 Å². The Hall–Kier alpha value is -4.02. The molecule has 4 aromatic rings. The highest BCUT2D eigenvalue weighted by Crippen LogP contribution is 2.30. The molecule has 222 valence electrons. The number of nitrogens with one attached hydrogen (secondary N) is 1. The van der Waals surface area contributed by atoms with E-state index in [1.165, 1.54) is 23.1 Å². The van der Waals surface area contributed by atoms with Gasteiger partial charge in [0.05, 0.1) is 25.1 Å². The number of nitrogens with zero attached hydrogens (tertiary/aromatic N) is 4. The molecule has 2 amide bonds. The highest BCUT2D eigenvalue weighted by atomic mass is 32.2. The minimum absolute atomic E-state index is 0.0387. The van der Waals surface area contributed by atoms with Crippen molar-refractivity contribution in [2.45, 2.75) is 50.9 Å². The number of carbonyl (C=O) groups is 2. The number of hydrogen-bond acceptors (Lipinski definition) is 8. The molecule has 0 saturated carbocycles. The minimum atomic E-state index is -0.690. The molecule has 0 unspecified atom stereocenters. The number of amides is 2. The van der Waals surface area contributed by atoms with Crippen molar-refractivity contribution in [1.29, 1.82) is 0 Å². The van der Waals surface area contributed by atoms with E-state index in [0.717, 1.165) is 40.5 Å². The van der Waals surface area contributed by atoms with Crippen LogP contribution in [0.2, 0.25) is 0 Å². The molecule has 2 aromatic heterocycles. The summed E-state index contributed by atoms with van der Waals surface area (Å²) in [6.45, 7) is 4.05. The number of rotatable bonds is 11. The Morgan fingerprint density at radius 3 is 2.47 bits per heavy atom. The third kappa shape index (κ3) is 8.09. The molecule has 1 aliphatic carbocycles. The van der Waals surface area contributed by atoms with Gasteiger partial charge in [-0.3, -0.25) is 9.59 Å². The second-order valence-electron chi connectivity index (χ2n) is 10.4. The van der Waals surface area contributed by atoms with Gasteiger partial charge in [-0.05, 0) is 69.4 Å². The van der Waals surface area contributed by atoms with Crippen molar-refractivity contribution in [2.75, 3.05) is 18.2 Å². The summed E-state index contributed by atoms with van der Waals surface area (Å²) in [5, 5.41) is 6.39. The largest absolute Gasteiger partial charge is 0.497 e. The molecule has 10 heteroatoms. The first-order valence-electron chi connectivity index (χ1n) is 14.2. The summed E-state index contributed by atoms with van der Waals surface area (Å²) in [5.74, 6) is 0.393. The van der Waals surface area contributed by atoms with E-state index in [-0.39, 0.29) is 30.0 Å². The van der Waals surface area contributed by atoms with Gasteiger partial charge in [-0.1, -0.05) is 54.2 Å². The van der Waals surface area contributed by atoms with Gasteiger partial charge in [0, 0.05) is 28.0 Å². The maximum Gasteiger partial charge on any atom is 0.247 e. The van der Waals surface area contributed by atoms with E-state index < -0.39 is 6.04 Å². The van der Waals surface area contributed by atoms with E-state index in [1.54, 1.807) is 36.3 Å². The van der Waals surface area contributed by atoms with Crippen LogP contribution in [0.3, 0.4) is 0 Å². The number of aromatic nitrogens is 3. The number of methoxy groups -OCH3 is 1. The summed E-state index contributed by atoms with van der Waals surface area (Å²) in [6.07, 6.45) is 6.63. The number of allylic oxidation sites excluding steroid dienone is 2. The fourth-order valence-electron chi connectivity index (χ4n) is 5.18. The fraction of sp³-hybridized carbons (Fsp3) is 0.303. The van der Waals surface area contributed by atoms with E-state index in [4.69, 9.17) is 9.72 Å². The summed E-state index contributed by atoms with van der Waals surface area (Å²) < 4.78 is 5.27. The molecule has 2 atom stereocenters. The first-order chi connectivity index (χ1) is 20.9. The molecule has 1 N–H and O–H groups in total. The Balaban J connectivity index is 1.45. The number of hydrogen-bond donors (Lipinski definition) is 1. The lowest BCUT2D eigenvalue weighted by molar-refractivity contribution is -0.139. The molecule has 5 rings (SSSR count). The summed E-state index contributed by atoms with van der Waals surface area (Å²) in [4.78, 5) is 43.8. The third-order valence-electron chi connectivity index (χ3n) is 7.25. The zero-order valence-corrected chi connectivity index (χ0v) is 26.2. The highest BCUT2D eigenvalue weighted by molar-refractivity contribution is 7.99. The van der Waals surface area contributed by atoms with Crippen molar-refractivity contribution in [3.63, 3.8) is 0 Å². The lowest BCUT2D eigenvalue weighted by Gasteiger charge is -2.36. The molecule has 0 fully saturated rings. The van der Waals surface area contributed by atoms with Crippen LogP contribution >= 0.6 is 23.1 Å². The fourth-order valence-corrected chi connectivity index (χ4v) is 6.82. The van der Waals surface area contributed by atoms with E-state index in [1.807, 2.05) is 55.6 Å². The van der Waals surface area contributed by atoms with Crippen molar-refractivity contribution >= 4 is 40.6 Å². The normalized spacial score (nSPS) is 15.1. The standard InChI is InChI=1S/C33H35N5O3S2/c1-22-18-23(2)35-33(34-22)43-21-30(39)38(19-29-37-28(20-42-29)24-10-6-4-7-11-24)31(25-12-8-5-9-13-25)32(40)36-26-14-16-27(41-3)17-15-26/h4-8,10-11,14-18,20,25,31H,9,12-13,19,21H2,1-3H3,(H,36,40)/t25-,31-/m1/s1. The quantitative estimate of drug-likeness (QED) is 0.114. The molecule has 0 bridgehead atoms. The zero-order chi connectivity index (χ0) is 30.2. The number of benzene rings is 2. The number of aryl methyl sites for hydroxylation is 2. The van der Waals surface area contributed by atoms with E-state index >= 15 is 0 Å². The summed E-state index contributed by atoms with van der Waals surface area (Å²) in [5.41, 5.74) is 4.21. The number of thioether (sulfide) groups is 1. The van der Waals surface area contributed by atoms with Gasteiger partial charge in [0.25, 0.3) is 0 Å². The molecule has 43 heavy (non-hydrogen) atoms. The zero-order valence-electron chi connectivity index (χ0n) is 24.5. The number of ether oxygens (including phenoxy) is 1. The van der Waals surface area contributed by atoms with Crippen LogP contribution in [0.1, 0.15) is 35.7 Å². The predicted molar refractivity (Wildman–Crippen MR) is 172 cm³/mol. The van der Waals surface area contributed by atoms with Gasteiger partial charge in [0.2, 0.25) is 11.8 Å². The summed E-state index contributed by atoms with van der Waals surface area (Å²) in [7, 11) is 1.60. The maximum absolute atomic E-state index is 14.1. The average molecular weight is 614 g/mol. The molecule has 0 spiro atoms. The van der Waals surface area contributed by atoms with Gasteiger partial charge in [-0.25, -0.2) is 15.0 Å². The average Bonchev–Trinajstić information content (AvgIpc) is 3.49. The Morgan fingerprint density at radius 2 is 1.79 bits per heavy atom. The van der Waals surface area contributed by atoms with Gasteiger partial charge in [-0.15, -0.1) is 11.3 Å². The second-order valence-corrected chi connectivity index (χ2v) is 12.3. The first-order valence-corrected chi connectivity index (χ1v) is 16.1. The lowest BCUT2D eigenvalue weighted by atomic mass is 9.86. The van der Waals surface area contributed by atoms with Gasteiger partial charge in [-0.2, -0.15) is 0 Å². The van der Waals surface area contributed by atoms with E-state index in [9.17, 15) is 9.59 Å². The molecule has 2 heterocycles. The molecular formula is C33H35N5O3S2. The van der Waals surface area contributed by atoms with Crippen molar-refractivity contribution in [3.8, 4) is 17.0 Å². The molecular weight excluding hydrogens is 579 g/mol. The van der Waals surface area contributed by atoms with Crippen molar-refractivity contribution in [2.24, 2.45) is 5.92 Å². The smallest absolute Gasteiger partial charge is 0.247 e. The van der Waals surface area contributed by atoms with Crippen LogP contribution in [0, 0.1) is 19.8 Å².